The zero-order chi connectivity index (χ0) is 13.8. The van der Waals surface area contributed by atoms with Gasteiger partial charge >= 0.3 is 0 Å². The highest BCUT2D eigenvalue weighted by atomic mass is 127. The number of hydrogen-bond donors (Lipinski definition) is 2. The second kappa shape index (κ2) is 5.87. The first-order valence-corrected chi connectivity index (χ1v) is 6.58. The fraction of sp³-hybridized carbons (Fsp3) is 0.0769. The number of furan rings is 1. The van der Waals surface area contributed by atoms with E-state index in [1.54, 1.807) is 24.1 Å². The Morgan fingerprint density at radius 1 is 1.37 bits per heavy atom. The topological polar surface area (TPSA) is 69.3 Å². The van der Waals surface area contributed by atoms with E-state index in [9.17, 15) is 4.79 Å². The molecule has 0 aliphatic carbocycles. The van der Waals surface area contributed by atoms with Gasteiger partial charge in [-0.15, -0.1) is 0 Å². The van der Waals surface area contributed by atoms with Crippen molar-refractivity contribution >= 4 is 40.1 Å². The molecule has 0 radical (unpaired) electrons. The maximum absolute atomic E-state index is 11.7. The maximum Gasteiger partial charge on any atom is 0.293 e. The summed E-state index contributed by atoms with van der Waals surface area (Å²) in [7, 11) is 1.72. The lowest BCUT2D eigenvalue weighted by molar-refractivity contribution is 0.0949. The number of carbonyl (C=O) groups excluding carboxylic acids is 1. The summed E-state index contributed by atoms with van der Waals surface area (Å²) in [6, 6.07) is 10.8. The highest BCUT2D eigenvalue weighted by Crippen LogP contribution is 2.16. The summed E-state index contributed by atoms with van der Waals surface area (Å²) < 4.78 is 6.03. The minimum Gasteiger partial charge on any atom is -0.459 e. The first kappa shape index (κ1) is 13.6. The molecule has 0 saturated carbocycles. The fourth-order valence-electron chi connectivity index (χ4n) is 1.47. The van der Waals surface area contributed by atoms with Gasteiger partial charge in [-0.3, -0.25) is 15.5 Å². The van der Waals surface area contributed by atoms with Gasteiger partial charge in [-0.05, 0) is 52.9 Å². The Labute approximate surface area is 124 Å². The lowest BCUT2D eigenvalue weighted by Gasteiger charge is -2.20. The van der Waals surface area contributed by atoms with Crippen molar-refractivity contribution < 1.29 is 9.21 Å². The van der Waals surface area contributed by atoms with Gasteiger partial charge in [0, 0.05) is 16.3 Å². The van der Waals surface area contributed by atoms with Crippen molar-refractivity contribution in [1.29, 1.82) is 5.41 Å². The molecule has 19 heavy (non-hydrogen) atoms. The van der Waals surface area contributed by atoms with Gasteiger partial charge in [0.15, 0.2) is 5.76 Å². The van der Waals surface area contributed by atoms with Crippen LogP contribution in [0.5, 0.6) is 0 Å². The molecule has 5 nitrogen and oxygen atoms in total. The van der Waals surface area contributed by atoms with Gasteiger partial charge in [0.05, 0.1) is 6.26 Å². The maximum atomic E-state index is 11.7. The average Bonchev–Trinajstić information content (AvgIpc) is 2.91. The highest BCUT2D eigenvalue weighted by molar-refractivity contribution is 14.1. The molecule has 1 aromatic heterocycles. The summed E-state index contributed by atoms with van der Waals surface area (Å²) in [5.74, 6) is -0.267. The molecule has 2 N–H and O–H groups in total. The van der Waals surface area contributed by atoms with Crippen LogP contribution in [0.3, 0.4) is 0 Å². The molecule has 0 bridgehead atoms. The van der Waals surface area contributed by atoms with Gasteiger partial charge in [0.25, 0.3) is 5.91 Å². The Kier molecular flexibility index (Phi) is 4.20. The van der Waals surface area contributed by atoms with Crippen LogP contribution >= 0.6 is 22.6 Å². The lowest BCUT2D eigenvalue weighted by Crippen LogP contribution is -2.41. The van der Waals surface area contributed by atoms with Crippen LogP contribution in [0.25, 0.3) is 0 Å². The molecule has 0 spiro atoms. The Balaban J connectivity index is 2.06. The molecule has 2 rings (SSSR count). The zero-order valence-corrected chi connectivity index (χ0v) is 12.3. The van der Waals surface area contributed by atoms with Gasteiger partial charge in [-0.2, -0.15) is 0 Å². The SMILES string of the molecule is CN(C(=N)NC(=O)c1ccco1)c1cccc(I)c1. The Morgan fingerprint density at radius 2 is 2.16 bits per heavy atom. The molecule has 0 aliphatic rings. The minimum atomic E-state index is -0.438. The molecule has 98 valence electrons. The normalized spacial score (nSPS) is 10.0. The summed E-state index contributed by atoms with van der Waals surface area (Å²) in [4.78, 5) is 13.3. The summed E-state index contributed by atoms with van der Waals surface area (Å²) in [6.45, 7) is 0. The quantitative estimate of drug-likeness (QED) is 0.486. The number of halogens is 1. The number of benzene rings is 1. The number of nitrogens with zero attached hydrogens (tertiary/aromatic N) is 1. The molecule has 0 unspecified atom stereocenters. The van der Waals surface area contributed by atoms with Gasteiger partial charge < -0.3 is 9.32 Å². The zero-order valence-electron chi connectivity index (χ0n) is 10.2. The lowest BCUT2D eigenvalue weighted by atomic mass is 10.3. The highest BCUT2D eigenvalue weighted by Gasteiger charge is 2.14. The van der Waals surface area contributed by atoms with Crippen LogP contribution in [0, 0.1) is 8.98 Å². The van der Waals surface area contributed by atoms with E-state index in [-0.39, 0.29) is 11.7 Å². The third-order valence-corrected chi connectivity index (χ3v) is 3.18. The second-order valence-corrected chi connectivity index (χ2v) is 5.06. The number of nitrogens with one attached hydrogen (secondary N) is 2. The van der Waals surface area contributed by atoms with Gasteiger partial charge in [-0.1, -0.05) is 6.07 Å². The summed E-state index contributed by atoms with van der Waals surface area (Å²) >= 11 is 2.20. The van der Waals surface area contributed by atoms with Crippen LogP contribution in [0.15, 0.2) is 47.1 Å². The molecule has 2 aromatic rings. The van der Waals surface area contributed by atoms with E-state index in [0.29, 0.717) is 0 Å². The monoisotopic (exact) mass is 369 g/mol. The van der Waals surface area contributed by atoms with Crippen molar-refractivity contribution in [2.45, 2.75) is 0 Å². The van der Waals surface area contributed by atoms with Gasteiger partial charge in [0.1, 0.15) is 0 Å². The molecule has 0 aliphatic heterocycles. The number of anilines is 1. The van der Waals surface area contributed by atoms with Crippen LogP contribution in [0.2, 0.25) is 0 Å². The van der Waals surface area contributed by atoms with Crippen molar-refractivity contribution in [3.8, 4) is 0 Å². The van der Waals surface area contributed by atoms with E-state index < -0.39 is 5.91 Å². The van der Waals surface area contributed by atoms with E-state index in [2.05, 4.69) is 27.9 Å². The molecule has 6 heteroatoms. The summed E-state index contributed by atoms with van der Waals surface area (Å²) in [5.41, 5.74) is 0.830. The predicted molar refractivity (Wildman–Crippen MR) is 81.5 cm³/mol. The number of rotatable bonds is 2. The van der Waals surface area contributed by atoms with Crippen LogP contribution in [0.1, 0.15) is 10.6 Å². The fourth-order valence-corrected chi connectivity index (χ4v) is 2.00. The molecule has 1 aromatic carbocycles. The van der Waals surface area contributed by atoms with Crippen LogP contribution in [-0.4, -0.2) is 18.9 Å². The summed E-state index contributed by atoms with van der Waals surface area (Å²) in [6.07, 6.45) is 1.42. The van der Waals surface area contributed by atoms with Crippen molar-refractivity contribution in [1.82, 2.24) is 5.32 Å². The van der Waals surface area contributed by atoms with E-state index in [4.69, 9.17) is 9.83 Å². The van der Waals surface area contributed by atoms with E-state index >= 15 is 0 Å². The molecule has 0 saturated heterocycles. The average molecular weight is 369 g/mol. The van der Waals surface area contributed by atoms with Gasteiger partial charge in [-0.25, -0.2) is 0 Å². The third kappa shape index (κ3) is 3.34. The Hall–Kier alpha value is -1.83. The third-order valence-electron chi connectivity index (χ3n) is 2.51. The van der Waals surface area contributed by atoms with E-state index in [0.717, 1.165) is 9.26 Å². The molecule has 0 atom stereocenters. The first-order chi connectivity index (χ1) is 9.08. The number of carbonyl (C=O) groups is 1. The first-order valence-electron chi connectivity index (χ1n) is 5.50. The molecule has 1 amide bonds. The summed E-state index contributed by atoms with van der Waals surface area (Å²) in [5, 5.41) is 10.4. The number of hydrogen-bond acceptors (Lipinski definition) is 3. The van der Waals surface area contributed by atoms with Crippen LogP contribution in [-0.2, 0) is 0 Å². The minimum absolute atomic E-state index is 0.0107. The molecular weight excluding hydrogens is 357 g/mol. The second-order valence-electron chi connectivity index (χ2n) is 3.82. The van der Waals surface area contributed by atoms with Crippen LogP contribution < -0.4 is 10.2 Å². The number of amides is 1. The Bertz CT molecular complexity index is 596. The van der Waals surface area contributed by atoms with E-state index in [1.165, 1.54) is 6.26 Å². The Morgan fingerprint density at radius 3 is 2.79 bits per heavy atom. The van der Waals surface area contributed by atoms with Crippen molar-refractivity contribution in [2.75, 3.05) is 11.9 Å². The molecule has 0 fully saturated rings. The van der Waals surface area contributed by atoms with Crippen molar-refractivity contribution in [3.05, 3.63) is 52.0 Å². The molecule has 1 heterocycles. The predicted octanol–water partition coefficient (Wildman–Crippen LogP) is 2.69. The smallest absolute Gasteiger partial charge is 0.293 e. The van der Waals surface area contributed by atoms with Crippen LogP contribution in [0.4, 0.5) is 5.69 Å². The largest absolute Gasteiger partial charge is 0.459 e. The van der Waals surface area contributed by atoms with Crippen molar-refractivity contribution in [2.24, 2.45) is 0 Å². The van der Waals surface area contributed by atoms with Gasteiger partial charge in [0.2, 0.25) is 5.96 Å². The van der Waals surface area contributed by atoms with E-state index in [1.807, 2.05) is 24.3 Å². The molecular formula is C13H12IN3O2. The number of guanidine groups is 1. The standard InChI is InChI=1S/C13H12IN3O2/c1-17(10-5-2-4-9(14)8-10)13(15)16-12(18)11-6-3-7-19-11/h2-8H,1H3,(H2,15,16,18). The van der Waals surface area contributed by atoms with Crippen molar-refractivity contribution in [3.63, 3.8) is 0 Å².